The number of benzene rings is 1. The van der Waals surface area contributed by atoms with Gasteiger partial charge in [-0.25, -0.2) is 9.78 Å². The third-order valence-electron chi connectivity index (χ3n) is 2.49. The van der Waals surface area contributed by atoms with E-state index in [1.165, 1.54) is 0 Å². The van der Waals surface area contributed by atoms with Crippen LogP contribution in [0.1, 0.15) is 18.3 Å². The Hall–Kier alpha value is -2.30. The first-order valence-electron chi connectivity index (χ1n) is 6.13. The van der Waals surface area contributed by atoms with Gasteiger partial charge in [0, 0.05) is 18.8 Å². The zero-order valence-corrected chi connectivity index (χ0v) is 10.8. The van der Waals surface area contributed by atoms with E-state index in [2.05, 4.69) is 9.97 Å². The Morgan fingerprint density at radius 1 is 1.42 bits per heavy atom. The minimum Gasteiger partial charge on any atom is -0.482 e. The average molecular weight is 260 g/mol. The summed E-state index contributed by atoms with van der Waals surface area (Å²) in [7, 11) is 0. The first kappa shape index (κ1) is 13.1. The van der Waals surface area contributed by atoms with Crippen LogP contribution in [0.5, 0.6) is 5.75 Å². The molecule has 1 aromatic carbocycles. The summed E-state index contributed by atoms with van der Waals surface area (Å²) in [6.45, 7) is 2.06. The second kappa shape index (κ2) is 6.58. The highest BCUT2D eigenvalue weighted by Gasteiger charge is 2.04. The van der Waals surface area contributed by atoms with Gasteiger partial charge in [0.1, 0.15) is 11.6 Å². The number of ether oxygens (including phenoxy) is 2. The summed E-state index contributed by atoms with van der Waals surface area (Å²) < 4.78 is 10.2. The van der Waals surface area contributed by atoms with E-state index in [1.807, 2.05) is 24.3 Å². The average Bonchev–Trinajstić information content (AvgIpc) is 2.90. The van der Waals surface area contributed by atoms with Gasteiger partial charge in [-0.05, 0) is 24.6 Å². The van der Waals surface area contributed by atoms with Crippen LogP contribution < -0.4 is 4.74 Å². The van der Waals surface area contributed by atoms with E-state index in [-0.39, 0.29) is 12.6 Å². The lowest BCUT2D eigenvalue weighted by Gasteiger charge is -2.07. The lowest BCUT2D eigenvalue weighted by atomic mass is 10.1. The number of rotatable bonds is 6. The summed E-state index contributed by atoms with van der Waals surface area (Å²) in [6.07, 6.45) is 4.20. The van der Waals surface area contributed by atoms with Crippen LogP contribution in [-0.4, -0.2) is 29.2 Å². The van der Waals surface area contributed by atoms with E-state index in [9.17, 15) is 4.79 Å². The van der Waals surface area contributed by atoms with Crippen molar-refractivity contribution in [1.82, 2.24) is 9.97 Å². The SMILES string of the molecule is CCOC(=O)COc1cccc(Cc2ncc[nH]2)c1. The molecule has 1 N–H and O–H groups in total. The van der Waals surface area contributed by atoms with Crippen LogP contribution in [0.15, 0.2) is 36.7 Å². The first-order valence-corrected chi connectivity index (χ1v) is 6.13. The van der Waals surface area contributed by atoms with E-state index >= 15 is 0 Å². The molecule has 0 aliphatic rings. The number of H-pyrrole nitrogens is 1. The quantitative estimate of drug-likeness (QED) is 0.806. The van der Waals surface area contributed by atoms with Gasteiger partial charge in [-0.3, -0.25) is 0 Å². The van der Waals surface area contributed by atoms with Crippen LogP contribution in [0.4, 0.5) is 0 Å². The zero-order chi connectivity index (χ0) is 13.5. The molecule has 0 aliphatic carbocycles. The zero-order valence-electron chi connectivity index (χ0n) is 10.8. The Bertz CT molecular complexity index is 523. The number of esters is 1. The second-order valence-electron chi connectivity index (χ2n) is 3.95. The summed E-state index contributed by atoms with van der Waals surface area (Å²) in [4.78, 5) is 18.4. The molecule has 5 nitrogen and oxygen atoms in total. The van der Waals surface area contributed by atoms with Crippen molar-refractivity contribution in [2.75, 3.05) is 13.2 Å². The lowest BCUT2D eigenvalue weighted by Crippen LogP contribution is -2.14. The molecule has 0 bridgehead atoms. The number of nitrogens with zero attached hydrogens (tertiary/aromatic N) is 1. The topological polar surface area (TPSA) is 64.2 Å². The number of imidazole rings is 1. The molecular formula is C14H16N2O3. The standard InChI is InChI=1S/C14H16N2O3/c1-2-18-14(17)10-19-12-5-3-4-11(8-12)9-13-15-6-7-16-13/h3-8H,2,9-10H2,1H3,(H,15,16). The van der Waals surface area contributed by atoms with Gasteiger partial charge in [-0.1, -0.05) is 12.1 Å². The fraction of sp³-hybridized carbons (Fsp3) is 0.286. The molecule has 2 aromatic rings. The van der Waals surface area contributed by atoms with E-state index in [0.717, 1.165) is 11.4 Å². The highest BCUT2D eigenvalue weighted by atomic mass is 16.6. The van der Waals surface area contributed by atoms with Crippen LogP contribution in [-0.2, 0) is 16.0 Å². The maximum absolute atomic E-state index is 11.2. The summed E-state index contributed by atoms with van der Waals surface area (Å²) in [5.74, 6) is 1.18. The highest BCUT2D eigenvalue weighted by molar-refractivity contribution is 5.71. The van der Waals surface area contributed by atoms with Gasteiger partial charge >= 0.3 is 5.97 Å². The molecule has 5 heteroatoms. The lowest BCUT2D eigenvalue weighted by molar-refractivity contribution is -0.145. The van der Waals surface area contributed by atoms with E-state index in [0.29, 0.717) is 18.8 Å². The number of carbonyl (C=O) groups excluding carboxylic acids is 1. The Morgan fingerprint density at radius 3 is 3.05 bits per heavy atom. The van der Waals surface area contributed by atoms with E-state index in [1.54, 1.807) is 19.3 Å². The molecule has 0 radical (unpaired) electrons. The highest BCUT2D eigenvalue weighted by Crippen LogP contribution is 2.15. The molecule has 0 fully saturated rings. The predicted molar refractivity (Wildman–Crippen MR) is 70.0 cm³/mol. The fourth-order valence-electron chi connectivity index (χ4n) is 1.68. The summed E-state index contributed by atoms with van der Waals surface area (Å²) in [5, 5.41) is 0. The minimum absolute atomic E-state index is 0.0714. The van der Waals surface area contributed by atoms with Crippen molar-refractivity contribution in [3.8, 4) is 5.75 Å². The summed E-state index contributed by atoms with van der Waals surface area (Å²) in [5.41, 5.74) is 1.07. The molecule has 0 aliphatic heterocycles. The third kappa shape index (κ3) is 4.13. The van der Waals surface area contributed by atoms with Gasteiger partial charge in [0.05, 0.1) is 6.61 Å². The maximum Gasteiger partial charge on any atom is 0.344 e. The summed E-state index contributed by atoms with van der Waals surface area (Å²) >= 11 is 0. The van der Waals surface area contributed by atoms with Gasteiger partial charge in [0.2, 0.25) is 0 Å². The number of aromatic nitrogens is 2. The normalized spacial score (nSPS) is 10.2. The molecule has 100 valence electrons. The molecule has 0 spiro atoms. The first-order chi connectivity index (χ1) is 9.28. The van der Waals surface area contributed by atoms with Crippen LogP contribution in [0, 0.1) is 0 Å². The Balaban J connectivity index is 1.93. The van der Waals surface area contributed by atoms with Crippen molar-refractivity contribution in [3.63, 3.8) is 0 Å². The molecular weight excluding hydrogens is 244 g/mol. The van der Waals surface area contributed by atoms with Crippen molar-refractivity contribution in [2.45, 2.75) is 13.3 Å². The minimum atomic E-state index is -0.362. The van der Waals surface area contributed by atoms with Crippen molar-refractivity contribution in [3.05, 3.63) is 48.0 Å². The molecule has 19 heavy (non-hydrogen) atoms. The Kier molecular flexibility index (Phi) is 4.55. The number of nitrogens with one attached hydrogen (secondary N) is 1. The largest absolute Gasteiger partial charge is 0.482 e. The smallest absolute Gasteiger partial charge is 0.344 e. The van der Waals surface area contributed by atoms with Gasteiger partial charge in [0.25, 0.3) is 0 Å². The Labute approximate surface area is 111 Å². The maximum atomic E-state index is 11.2. The monoisotopic (exact) mass is 260 g/mol. The third-order valence-corrected chi connectivity index (χ3v) is 2.49. The van der Waals surface area contributed by atoms with Crippen molar-refractivity contribution < 1.29 is 14.3 Å². The molecule has 2 rings (SSSR count). The van der Waals surface area contributed by atoms with E-state index in [4.69, 9.17) is 9.47 Å². The van der Waals surface area contributed by atoms with Crippen LogP contribution in [0.25, 0.3) is 0 Å². The number of carbonyl (C=O) groups is 1. The van der Waals surface area contributed by atoms with Crippen molar-refractivity contribution in [2.24, 2.45) is 0 Å². The van der Waals surface area contributed by atoms with Crippen molar-refractivity contribution in [1.29, 1.82) is 0 Å². The predicted octanol–water partition coefficient (Wildman–Crippen LogP) is 1.94. The van der Waals surface area contributed by atoms with Gasteiger partial charge in [0.15, 0.2) is 6.61 Å². The van der Waals surface area contributed by atoms with Crippen LogP contribution in [0.3, 0.4) is 0 Å². The summed E-state index contributed by atoms with van der Waals surface area (Å²) in [6, 6.07) is 7.57. The number of hydrogen-bond acceptors (Lipinski definition) is 4. The Morgan fingerprint density at radius 2 is 2.32 bits per heavy atom. The van der Waals surface area contributed by atoms with Gasteiger partial charge in [-0.15, -0.1) is 0 Å². The van der Waals surface area contributed by atoms with Crippen LogP contribution >= 0.6 is 0 Å². The molecule has 0 atom stereocenters. The van der Waals surface area contributed by atoms with Crippen molar-refractivity contribution >= 4 is 5.97 Å². The molecule has 1 aromatic heterocycles. The van der Waals surface area contributed by atoms with Gasteiger partial charge < -0.3 is 14.5 Å². The fourth-order valence-corrected chi connectivity index (χ4v) is 1.68. The molecule has 0 amide bonds. The molecule has 0 saturated heterocycles. The van der Waals surface area contributed by atoms with Gasteiger partial charge in [-0.2, -0.15) is 0 Å². The molecule has 0 saturated carbocycles. The number of aromatic amines is 1. The van der Waals surface area contributed by atoms with E-state index < -0.39 is 0 Å². The molecule has 1 heterocycles. The van der Waals surface area contributed by atoms with Crippen LogP contribution in [0.2, 0.25) is 0 Å². The number of hydrogen-bond donors (Lipinski definition) is 1. The second-order valence-corrected chi connectivity index (χ2v) is 3.95. The molecule has 0 unspecified atom stereocenters.